The van der Waals surface area contributed by atoms with E-state index in [-0.39, 0.29) is 0 Å². The predicted molar refractivity (Wildman–Crippen MR) is 94.7 cm³/mol. The van der Waals surface area contributed by atoms with Gasteiger partial charge in [0.1, 0.15) is 5.69 Å². The average molecular weight is 325 g/mol. The Labute approximate surface area is 144 Å². The second kappa shape index (κ2) is 7.01. The molecule has 0 bridgehead atoms. The van der Waals surface area contributed by atoms with Crippen LogP contribution < -0.4 is 0 Å². The molecule has 2 aromatic heterocycles. The molecule has 3 heterocycles. The lowest BCUT2D eigenvalue weighted by Crippen LogP contribution is -2.43. The maximum Gasteiger partial charge on any atom is 0.107 e. The van der Waals surface area contributed by atoms with Gasteiger partial charge in [-0.1, -0.05) is 19.3 Å². The van der Waals surface area contributed by atoms with E-state index in [4.69, 9.17) is 4.98 Å². The third-order valence-corrected chi connectivity index (χ3v) is 5.69. The number of aromatic nitrogens is 4. The van der Waals surface area contributed by atoms with Crippen molar-refractivity contribution in [3.8, 4) is 11.4 Å². The number of hydrogen-bond acceptors (Lipinski definition) is 4. The molecular weight excluding hydrogens is 298 g/mol. The minimum Gasteiger partial charge on any atom is -0.332 e. The van der Waals surface area contributed by atoms with Crippen molar-refractivity contribution in [2.75, 3.05) is 13.1 Å². The van der Waals surface area contributed by atoms with Gasteiger partial charge in [-0.2, -0.15) is 0 Å². The molecule has 0 unspecified atom stereocenters. The third-order valence-electron chi connectivity index (χ3n) is 5.69. The van der Waals surface area contributed by atoms with Gasteiger partial charge in [-0.3, -0.25) is 9.88 Å². The smallest absolute Gasteiger partial charge is 0.107 e. The maximum absolute atomic E-state index is 4.93. The summed E-state index contributed by atoms with van der Waals surface area (Å²) < 4.78 is 2.00. The van der Waals surface area contributed by atoms with Crippen LogP contribution in [0, 0.1) is 0 Å². The molecule has 0 spiro atoms. The van der Waals surface area contributed by atoms with Gasteiger partial charge in [0, 0.05) is 31.7 Å². The molecule has 2 aliphatic rings. The zero-order valence-electron chi connectivity index (χ0n) is 14.6. The van der Waals surface area contributed by atoms with Crippen LogP contribution in [0.2, 0.25) is 0 Å². The summed E-state index contributed by atoms with van der Waals surface area (Å²) in [4.78, 5) is 16.3. The molecule has 0 N–H and O–H groups in total. The van der Waals surface area contributed by atoms with E-state index in [1.807, 2.05) is 36.5 Å². The molecule has 5 heteroatoms. The molecule has 0 aromatic carbocycles. The van der Waals surface area contributed by atoms with Gasteiger partial charge >= 0.3 is 0 Å². The van der Waals surface area contributed by atoms with Crippen LogP contribution in [-0.2, 0) is 7.05 Å². The Kier molecular flexibility index (Phi) is 4.60. The summed E-state index contributed by atoms with van der Waals surface area (Å²) in [6, 6.07) is 0.801. The summed E-state index contributed by atoms with van der Waals surface area (Å²) in [6.07, 6.45) is 17.0. The zero-order valence-corrected chi connectivity index (χ0v) is 14.6. The van der Waals surface area contributed by atoms with Crippen molar-refractivity contribution in [1.82, 2.24) is 24.4 Å². The lowest BCUT2D eigenvalue weighted by Gasteiger charge is -2.39. The summed E-state index contributed by atoms with van der Waals surface area (Å²) in [5.41, 5.74) is 3.11. The van der Waals surface area contributed by atoms with Crippen molar-refractivity contribution in [3.63, 3.8) is 0 Å². The first-order valence-electron chi connectivity index (χ1n) is 9.34. The molecular formula is C19H27N5. The lowest BCUT2D eigenvalue weighted by molar-refractivity contribution is 0.118. The van der Waals surface area contributed by atoms with Crippen molar-refractivity contribution in [2.45, 2.75) is 56.9 Å². The molecule has 128 valence electrons. The summed E-state index contributed by atoms with van der Waals surface area (Å²) in [7, 11) is 2.00. The molecule has 1 saturated carbocycles. The minimum absolute atomic E-state index is 0.515. The monoisotopic (exact) mass is 325 g/mol. The quantitative estimate of drug-likeness (QED) is 0.868. The van der Waals surface area contributed by atoms with E-state index in [1.54, 1.807) is 0 Å². The number of imidazole rings is 1. The van der Waals surface area contributed by atoms with Gasteiger partial charge in [0.15, 0.2) is 0 Å². The average Bonchev–Trinajstić information content (AvgIpc) is 3.09. The summed E-state index contributed by atoms with van der Waals surface area (Å²) in [5.74, 6) is 0.515. The van der Waals surface area contributed by atoms with Crippen LogP contribution in [0.25, 0.3) is 11.4 Å². The second-order valence-corrected chi connectivity index (χ2v) is 7.34. The molecule has 2 fully saturated rings. The van der Waals surface area contributed by atoms with Crippen LogP contribution in [-0.4, -0.2) is 43.6 Å². The highest BCUT2D eigenvalue weighted by molar-refractivity contribution is 5.52. The van der Waals surface area contributed by atoms with Crippen molar-refractivity contribution in [3.05, 3.63) is 30.6 Å². The van der Waals surface area contributed by atoms with Crippen molar-refractivity contribution >= 4 is 0 Å². The van der Waals surface area contributed by atoms with E-state index in [2.05, 4.69) is 14.9 Å². The van der Waals surface area contributed by atoms with E-state index in [9.17, 15) is 0 Å². The van der Waals surface area contributed by atoms with E-state index in [0.29, 0.717) is 5.92 Å². The Bertz CT molecular complexity index is 674. The fourth-order valence-corrected chi connectivity index (χ4v) is 4.33. The highest BCUT2D eigenvalue weighted by Gasteiger charge is 2.28. The Morgan fingerprint density at radius 1 is 0.958 bits per heavy atom. The number of nitrogens with zero attached hydrogens (tertiary/aromatic N) is 5. The zero-order chi connectivity index (χ0) is 16.4. The number of rotatable bonds is 3. The molecule has 0 amide bonds. The fraction of sp³-hybridized carbons (Fsp3) is 0.632. The molecule has 0 radical (unpaired) electrons. The fourth-order valence-electron chi connectivity index (χ4n) is 4.33. The van der Waals surface area contributed by atoms with Gasteiger partial charge in [0.25, 0.3) is 0 Å². The topological polar surface area (TPSA) is 46.8 Å². The SMILES string of the molecule is Cn1cncc1-c1cncc([C@H]2CCCN(C3CCCCC3)C2)n1. The Morgan fingerprint density at radius 3 is 2.62 bits per heavy atom. The highest BCUT2D eigenvalue weighted by atomic mass is 15.2. The molecule has 1 aliphatic carbocycles. The summed E-state index contributed by atoms with van der Waals surface area (Å²) in [6.45, 7) is 2.41. The largest absolute Gasteiger partial charge is 0.332 e. The van der Waals surface area contributed by atoms with Gasteiger partial charge < -0.3 is 4.57 Å². The third kappa shape index (κ3) is 3.22. The van der Waals surface area contributed by atoms with Crippen LogP contribution in [0.15, 0.2) is 24.9 Å². The van der Waals surface area contributed by atoms with Crippen LogP contribution in [0.1, 0.15) is 56.6 Å². The minimum atomic E-state index is 0.515. The van der Waals surface area contributed by atoms with Crippen LogP contribution in [0.5, 0.6) is 0 Å². The first-order chi connectivity index (χ1) is 11.8. The van der Waals surface area contributed by atoms with Crippen LogP contribution in [0.3, 0.4) is 0 Å². The lowest BCUT2D eigenvalue weighted by atomic mass is 9.89. The van der Waals surface area contributed by atoms with Crippen molar-refractivity contribution in [1.29, 1.82) is 0 Å². The molecule has 24 heavy (non-hydrogen) atoms. The van der Waals surface area contributed by atoms with Gasteiger partial charge in [-0.05, 0) is 32.2 Å². The summed E-state index contributed by atoms with van der Waals surface area (Å²) >= 11 is 0. The van der Waals surface area contributed by atoms with Crippen molar-refractivity contribution < 1.29 is 0 Å². The van der Waals surface area contributed by atoms with E-state index < -0.39 is 0 Å². The normalized spacial score (nSPS) is 23.5. The molecule has 4 rings (SSSR count). The molecule has 2 aromatic rings. The molecule has 1 saturated heterocycles. The van der Waals surface area contributed by atoms with Crippen molar-refractivity contribution in [2.24, 2.45) is 7.05 Å². The van der Waals surface area contributed by atoms with Gasteiger partial charge in [-0.25, -0.2) is 9.97 Å². The van der Waals surface area contributed by atoms with Gasteiger partial charge in [-0.15, -0.1) is 0 Å². The second-order valence-electron chi connectivity index (χ2n) is 7.34. The molecule has 5 nitrogen and oxygen atoms in total. The van der Waals surface area contributed by atoms with E-state index in [0.717, 1.165) is 29.7 Å². The first-order valence-corrected chi connectivity index (χ1v) is 9.34. The Balaban J connectivity index is 1.52. The van der Waals surface area contributed by atoms with Gasteiger partial charge in [0.2, 0.25) is 0 Å². The predicted octanol–water partition coefficient (Wildman–Crippen LogP) is 3.39. The van der Waals surface area contributed by atoms with Crippen LogP contribution in [0.4, 0.5) is 0 Å². The molecule has 1 aliphatic heterocycles. The Hall–Kier alpha value is -1.75. The van der Waals surface area contributed by atoms with Crippen LogP contribution >= 0.6 is 0 Å². The number of hydrogen-bond donors (Lipinski definition) is 0. The highest BCUT2D eigenvalue weighted by Crippen LogP contribution is 2.31. The Morgan fingerprint density at radius 2 is 1.83 bits per heavy atom. The summed E-state index contributed by atoms with van der Waals surface area (Å²) in [5, 5.41) is 0. The number of aryl methyl sites for hydroxylation is 1. The standard InChI is InChI=1S/C19H27N5/c1-23-14-21-12-19(23)18-11-20-10-17(22-18)15-6-5-9-24(13-15)16-7-3-2-4-8-16/h10-12,14-16H,2-9,13H2,1H3/t15-/m0/s1. The molecule has 1 atom stereocenters. The van der Waals surface area contributed by atoms with E-state index >= 15 is 0 Å². The maximum atomic E-state index is 4.93. The van der Waals surface area contributed by atoms with Gasteiger partial charge in [0.05, 0.1) is 30.1 Å². The number of likely N-dealkylation sites (tertiary alicyclic amines) is 1. The number of piperidine rings is 1. The van der Waals surface area contributed by atoms with E-state index in [1.165, 1.54) is 51.5 Å². The first kappa shape index (κ1) is 15.8.